The Bertz CT molecular complexity index is 646. The molecule has 6 heteroatoms. The largest absolute Gasteiger partial charge is 0.368 e. The average molecular weight is 296 g/mol. The first-order chi connectivity index (χ1) is 10.8. The molecule has 1 saturated carbocycles. The molecule has 0 atom stereocenters. The number of hydrogen-bond acceptors (Lipinski definition) is 6. The quantitative estimate of drug-likeness (QED) is 0.910. The van der Waals surface area contributed by atoms with Gasteiger partial charge in [0.2, 0.25) is 0 Å². The number of nitrogens with zero attached hydrogens (tertiary/aromatic N) is 5. The normalized spacial score (nSPS) is 18.1. The summed E-state index contributed by atoms with van der Waals surface area (Å²) in [6.45, 7) is 4.93. The molecule has 0 spiro atoms. The van der Waals surface area contributed by atoms with Crippen molar-refractivity contribution in [2.45, 2.75) is 25.7 Å². The Morgan fingerprint density at radius 1 is 1.14 bits per heavy atom. The molecule has 0 unspecified atom stereocenters. The van der Waals surface area contributed by atoms with E-state index in [4.69, 9.17) is 0 Å². The molecule has 2 aromatic rings. The Balaban J connectivity index is 1.30. The molecule has 22 heavy (non-hydrogen) atoms. The van der Waals surface area contributed by atoms with Crippen LogP contribution in [0.4, 0.5) is 11.6 Å². The first-order valence-corrected chi connectivity index (χ1v) is 7.89. The zero-order chi connectivity index (χ0) is 14.9. The highest BCUT2D eigenvalue weighted by atomic mass is 15.3. The average Bonchev–Trinajstić information content (AvgIpc) is 3.32. The fourth-order valence-corrected chi connectivity index (χ4v) is 2.83. The smallest absolute Gasteiger partial charge is 0.151 e. The molecule has 1 saturated heterocycles. The van der Waals surface area contributed by atoms with Crippen LogP contribution in [0.25, 0.3) is 0 Å². The van der Waals surface area contributed by atoms with E-state index >= 15 is 0 Å². The lowest BCUT2D eigenvalue weighted by atomic mass is 10.0. The highest BCUT2D eigenvalue weighted by molar-refractivity contribution is 5.45. The van der Waals surface area contributed by atoms with Gasteiger partial charge in [0.25, 0.3) is 0 Å². The molecule has 0 radical (unpaired) electrons. The second-order valence-corrected chi connectivity index (χ2v) is 6.25. The molecule has 1 aliphatic heterocycles. The van der Waals surface area contributed by atoms with Gasteiger partial charge in [0, 0.05) is 43.9 Å². The monoisotopic (exact) mass is 296 g/mol. The van der Waals surface area contributed by atoms with Crippen LogP contribution in [0.3, 0.4) is 0 Å². The van der Waals surface area contributed by atoms with E-state index in [0.717, 1.165) is 42.7 Å². The van der Waals surface area contributed by atoms with E-state index in [9.17, 15) is 0 Å². The number of nitrogens with one attached hydrogen (secondary N) is 1. The van der Waals surface area contributed by atoms with Gasteiger partial charge in [-0.3, -0.25) is 4.98 Å². The van der Waals surface area contributed by atoms with Crippen LogP contribution in [-0.2, 0) is 0 Å². The summed E-state index contributed by atoms with van der Waals surface area (Å²) < 4.78 is 0. The van der Waals surface area contributed by atoms with Crippen molar-refractivity contribution in [3.63, 3.8) is 0 Å². The lowest BCUT2D eigenvalue weighted by Gasteiger charge is -2.40. The summed E-state index contributed by atoms with van der Waals surface area (Å²) in [7, 11) is 0. The number of aryl methyl sites for hydroxylation is 1. The summed E-state index contributed by atoms with van der Waals surface area (Å²) in [6.07, 6.45) is 6.05. The number of anilines is 2. The molecule has 4 rings (SSSR count). The maximum Gasteiger partial charge on any atom is 0.151 e. The molecule has 2 fully saturated rings. The van der Waals surface area contributed by atoms with Gasteiger partial charge in [-0.15, -0.1) is 5.10 Å². The fourth-order valence-electron chi connectivity index (χ4n) is 2.83. The zero-order valence-corrected chi connectivity index (χ0v) is 12.7. The summed E-state index contributed by atoms with van der Waals surface area (Å²) in [5.41, 5.74) is 2.10. The van der Waals surface area contributed by atoms with Crippen LogP contribution in [-0.4, -0.2) is 39.8 Å². The molecule has 6 nitrogen and oxygen atoms in total. The molecule has 114 valence electrons. The molecular formula is C16H20N6. The summed E-state index contributed by atoms with van der Waals surface area (Å²) in [6, 6.07) is 4.05. The summed E-state index contributed by atoms with van der Waals surface area (Å²) in [5, 5.41) is 11.8. The van der Waals surface area contributed by atoms with Crippen molar-refractivity contribution >= 4 is 11.6 Å². The highest BCUT2D eigenvalue weighted by Crippen LogP contribution is 2.41. The number of hydrogen-bond donors (Lipinski definition) is 1. The third-order valence-electron chi connectivity index (χ3n) is 4.31. The first-order valence-electron chi connectivity index (χ1n) is 7.89. The fraction of sp³-hybridized carbons (Fsp3) is 0.500. The van der Waals surface area contributed by atoms with Gasteiger partial charge in [-0.25, -0.2) is 4.98 Å². The second-order valence-electron chi connectivity index (χ2n) is 6.25. The third kappa shape index (κ3) is 2.73. The Labute approximate surface area is 130 Å². The molecule has 1 aliphatic carbocycles. The number of aromatic nitrogens is 4. The van der Waals surface area contributed by atoms with Crippen LogP contribution in [0.1, 0.15) is 30.1 Å². The van der Waals surface area contributed by atoms with Crippen LogP contribution < -0.4 is 10.2 Å². The van der Waals surface area contributed by atoms with Crippen LogP contribution >= 0.6 is 0 Å². The topological polar surface area (TPSA) is 66.8 Å². The SMILES string of the molecule is Cc1ccc(N2CC(CNc3nccnc3C3CC3)C2)nn1. The molecular weight excluding hydrogens is 276 g/mol. The summed E-state index contributed by atoms with van der Waals surface area (Å²) >= 11 is 0. The molecule has 3 heterocycles. The maximum atomic E-state index is 4.48. The predicted octanol–water partition coefficient (Wildman–Crippen LogP) is 2.00. The molecule has 2 aliphatic rings. The van der Waals surface area contributed by atoms with Crippen molar-refractivity contribution < 1.29 is 0 Å². The minimum Gasteiger partial charge on any atom is -0.368 e. The molecule has 2 aromatic heterocycles. The van der Waals surface area contributed by atoms with E-state index in [1.54, 1.807) is 12.4 Å². The van der Waals surface area contributed by atoms with Gasteiger partial charge >= 0.3 is 0 Å². The minimum absolute atomic E-state index is 0.622. The van der Waals surface area contributed by atoms with Crippen molar-refractivity contribution in [3.8, 4) is 0 Å². The van der Waals surface area contributed by atoms with Gasteiger partial charge in [0.05, 0.1) is 11.4 Å². The van der Waals surface area contributed by atoms with Crippen molar-refractivity contribution in [1.82, 2.24) is 20.2 Å². The first kappa shape index (κ1) is 13.4. The third-order valence-corrected chi connectivity index (χ3v) is 4.31. The van der Waals surface area contributed by atoms with Gasteiger partial charge < -0.3 is 10.2 Å². The van der Waals surface area contributed by atoms with E-state index in [-0.39, 0.29) is 0 Å². The van der Waals surface area contributed by atoms with Gasteiger partial charge in [-0.05, 0) is 31.9 Å². The van der Waals surface area contributed by atoms with Crippen LogP contribution in [0, 0.1) is 12.8 Å². The minimum atomic E-state index is 0.622. The Kier molecular flexibility index (Phi) is 3.36. The van der Waals surface area contributed by atoms with Crippen molar-refractivity contribution in [2.75, 3.05) is 29.9 Å². The van der Waals surface area contributed by atoms with Gasteiger partial charge in [-0.1, -0.05) is 0 Å². The molecule has 1 N–H and O–H groups in total. The summed E-state index contributed by atoms with van der Waals surface area (Å²) in [5.74, 6) is 3.19. The molecule has 0 bridgehead atoms. The Morgan fingerprint density at radius 2 is 1.95 bits per heavy atom. The lowest BCUT2D eigenvalue weighted by molar-refractivity contribution is 0.425. The van der Waals surface area contributed by atoms with Gasteiger partial charge in [-0.2, -0.15) is 5.10 Å². The van der Waals surface area contributed by atoms with E-state index in [2.05, 4.69) is 30.4 Å². The van der Waals surface area contributed by atoms with Crippen molar-refractivity contribution in [3.05, 3.63) is 35.9 Å². The van der Waals surface area contributed by atoms with E-state index in [1.807, 2.05) is 19.1 Å². The Morgan fingerprint density at radius 3 is 2.68 bits per heavy atom. The van der Waals surface area contributed by atoms with Crippen LogP contribution in [0.2, 0.25) is 0 Å². The maximum absolute atomic E-state index is 4.48. The summed E-state index contributed by atoms with van der Waals surface area (Å²) in [4.78, 5) is 11.2. The van der Waals surface area contributed by atoms with Gasteiger partial charge in [0.15, 0.2) is 5.82 Å². The van der Waals surface area contributed by atoms with Crippen molar-refractivity contribution in [1.29, 1.82) is 0 Å². The highest BCUT2D eigenvalue weighted by Gasteiger charge is 2.30. The van der Waals surface area contributed by atoms with Crippen molar-refractivity contribution in [2.24, 2.45) is 5.92 Å². The van der Waals surface area contributed by atoms with Gasteiger partial charge in [0.1, 0.15) is 5.82 Å². The van der Waals surface area contributed by atoms with E-state index < -0.39 is 0 Å². The Hall–Kier alpha value is -2.24. The molecule has 0 aromatic carbocycles. The zero-order valence-electron chi connectivity index (χ0n) is 12.7. The molecule has 0 amide bonds. The number of rotatable bonds is 5. The van der Waals surface area contributed by atoms with E-state index in [0.29, 0.717) is 11.8 Å². The van der Waals surface area contributed by atoms with E-state index in [1.165, 1.54) is 12.8 Å². The lowest BCUT2D eigenvalue weighted by Crippen LogP contribution is -2.50. The predicted molar refractivity (Wildman–Crippen MR) is 85.0 cm³/mol. The van der Waals surface area contributed by atoms with Crippen LogP contribution in [0.15, 0.2) is 24.5 Å². The standard InChI is InChI=1S/C16H20N6/c1-11-2-5-14(21-20-11)22-9-12(10-22)8-19-16-15(13-3-4-13)17-6-7-18-16/h2,5-7,12-13H,3-4,8-10H2,1H3,(H,18,19). The second kappa shape index (κ2) is 5.51. The van der Waals surface area contributed by atoms with Crippen LogP contribution in [0.5, 0.6) is 0 Å².